The lowest BCUT2D eigenvalue weighted by molar-refractivity contribution is 0.0729. The second-order valence-electron chi connectivity index (χ2n) is 4.85. The van der Waals surface area contributed by atoms with E-state index in [0.717, 1.165) is 31.7 Å². The Balaban J connectivity index is 1.79. The van der Waals surface area contributed by atoms with Crippen LogP contribution in [-0.2, 0) is 0 Å². The number of carbonyl (C=O) groups excluding carboxylic acids is 1. The fourth-order valence-corrected chi connectivity index (χ4v) is 3.14. The van der Waals surface area contributed by atoms with Crippen molar-refractivity contribution in [2.45, 2.75) is 17.7 Å². The van der Waals surface area contributed by atoms with E-state index >= 15 is 0 Å². The maximum absolute atomic E-state index is 12.4. The predicted molar refractivity (Wildman–Crippen MR) is 75.3 cm³/mol. The number of piperidine rings is 1. The molecule has 2 heterocycles. The van der Waals surface area contributed by atoms with E-state index in [0.29, 0.717) is 29.4 Å². The zero-order valence-corrected chi connectivity index (χ0v) is 12.2. The van der Waals surface area contributed by atoms with Crippen molar-refractivity contribution in [1.82, 2.24) is 4.90 Å². The molecular weight excluding hydrogens is 310 g/mol. The molecule has 0 saturated carbocycles. The summed E-state index contributed by atoms with van der Waals surface area (Å²) in [6.45, 7) is 2.71. The Labute approximate surface area is 120 Å². The summed E-state index contributed by atoms with van der Waals surface area (Å²) in [7, 11) is 0. The number of amides is 1. The number of ether oxygens (including phenoxy) is 2. The molecule has 1 aromatic rings. The van der Waals surface area contributed by atoms with Crippen LogP contribution in [0.4, 0.5) is 0 Å². The van der Waals surface area contributed by atoms with Gasteiger partial charge in [0.05, 0.1) is 0 Å². The van der Waals surface area contributed by atoms with Crippen LogP contribution in [0.2, 0.25) is 0 Å². The Bertz CT molecular complexity index is 492. The van der Waals surface area contributed by atoms with E-state index in [1.165, 1.54) is 0 Å². The molecule has 1 atom stereocenters. The highest BCUT2D eigenvalue weighted by atomic mass is 79.9. The van der Waals surface area contributed by atoms with Crippen molar-refractivity contribution in [2.24, 2.45) is 0 Å². The topological polar surface area (TPSA) is 38.8 Å². The van der Waals surface area contributed by atoms with Crippen LogP contribution in [0.1, 0.15) is 23.2 Å². The second-order valence-corrected chi connectivity index (χ2v) is 6.14. The molecule has 4 nitrogen and oxygen atoms in total. The monoisotopic (exact) mass is 325 g/mol. The molecule has 19 heavy (non-hydrogen) atoms. The van der Waals surface area contributed by atoms with Crippen LogP contribution >= 0.6 is 15.9 Å². The van der Waals surface area contributed by atoms with Gasteiger partial charge in [-0.05, 0) is 31.0 Å². The third kappa shape index (κ3) is 2.71. The first-order chi connectivity index (χ1) is 9.24. The number of likely N-dealkylation sites (tertiary alicyclic amines) is 1. The van der Waals surface area contributed by atoms with Crippen LogP contribution in [0.15, 0.2) is 18.2 Å². The van der Waals surface area contributed by atoms with Crippen LogP contribution in [0.5, 0.6) is 11.5 Å². The van der Waals surface area contributed by atoms with Gasteiger partial charge >= 0.3 is 0 Å². The molecule has 0 aromatic heterocycles. The van der Waals surface area contributed by atoms with Crippen LogP contribution in [0.3, 0.4) is 0 Å². The summed E-state index contributed by atoms with van der Waals surface area (Å²) in [4.78, 5) is 14.7. The smallest absolute Gasteiger partial charge is 0.254 e. The van der Waals surface area contributed by atoms with Gasteiger partial charge in [0.2, 0.25) is 0 Å². The number of benzene rings is 1. The third-order valence-corrected chi connectivity index (χ3v) is 4.19. The lowest BCUT2D eigenvalue weighted by atomic mass is 10.1. The van der Waals surface area contributed by atoms with E-state index in [2.05, 4.69) is 15.9 Å². The maximum Gasteiger partial charge on any atom is 0.254 e. The molecule has 1 aromatic carbocycles. The molecule has 0 radical (unpaired) electrons. The number of rotatable bonds is 1. The van der Waals surface area contributed by atoms with Gasteiger partial charge in [-0.15, -0.1) is 0 Å². The summed E-state index contributed by atoms with van der Waals surface area (Å²) in [6, 6.07) is 5.42. The predicted octanol–water partition coefficient (Wildman–Crippen LogP) is 2.46. The first-order valence-corrected chi connectivity index (χ1v) is 7.48. The van der Waals surface area contributed by atoms with E-state index in [-0.39, 0.29) is 5.91 Å². The Morgan fingerprint density at radius 1 is 1.26 bits per heavy atom. The van der Waals surface area contributed by atoms with E-state index in [9.17, 15) is 4.79 Å². The molecule has 102 valence electrons. The van der Waals surface area contributed by atoms with Crippen LogP contribution in [0.25, 0.3) is 0 Å². The lowest BCUT2D eigenvalue weighted by Crippen LogP contribution is -2.40. The standard InChI is InChI=1S/C14H16BrNO3/c15-11-2-1-5-16(9-11)14(17)10-3-4-12-13(8-10)19-7-6-18-12/h3-4,8,11H,1-2,5-7,9H2. The van der Waals surface area contributed by atoms with E-state index in [1.807, 2.05) is 17.0 Å². The van der Waals surface area contributed by atoms with Gasteiger partial charge in [0.15, 0.2) is 11.5 Å². The number of hydrogen-bond acceptors (Lipinski definition) is 3. The number of nitrogens with zero attached hydrogens (tertiary/aromatic N) is 1. The minimum Gasteiger partial charge on any atom is -0.486 e. The molecule has 1 unspecified atom stereocenters. The zero-order chi connectivity index (χ0) is 13.2. The number of fused-ring (bicyclic) bond motifs is 1. The zero-order valence-electron chi connectivity index (χ0n) is 10.6. The van der Waals surface area contributed by atoms with Gasteiger partial charge in [0.1, 0.15) is 13.2 Å². The van der Waals surface area contributed by atoms with Gasteiger partial charge in [-0.2, -0.15) is 0 Å². The summed E-state index contributed by atoms with van der Waals surface area (Å²) in [6.07, 6.45) is 2.18. The SMILES string of the molecule is O=C(c1ccc2c(c1)OCCO2)N1CCCC(Br)C1. The number of carbonyl (C=O) groups is 1. The first-order valence-electron chi connectivity index (χ1n) is 6.57. The molecule has 1 amide bonds. The van der Waals surface area contributed by atoms with Crippen molar-refractivity contribution < 1.29 is 14.3 Å². The van der Waals surface area contributed by atoms with Gasteiger partial charge in [-0.3, -0.25) is 4.79 Å². The maximum atomic E-state index is 12.4. The molecule has 0 bridgehead atoms. The van der Waals surface area contributed by atoms with Crippen molar-refractivity contribution in [3.8, 4) is 11.5 Å². The van der Waals surface area contributed by atoms with Gasteiger partial charge < -0.3 is 14.4 Å². The van der Waals surface area contributed by atoms with Crippen LogP contribution < -0.4 is 9.47 Å². The average molecular weight is 326 g/mol. The third-order valence-electron chi connectivity index (χ3n) is 3.44. The van der Waals surface area contributed by atoms with E-state index < -0.39 is 0 Å². The highest BCUT2D eigenvalue weighted by Crippen LogP contribution is 2.31. The van der Waals surface area contributed by atoms with Crippen LogP contribution in [0, 0.1) is 0 Å². The van der Waals surface area contributed by atoms with Crippen LogP contribution in [-0.4, -0.2) is 41.9 Å². The second kappa shape index (κ2) is 5.41. The molecule has 5 heteroatoms. The van der Waals surface area contributed by atoms with Gasteiger partial charge in [-0.25, -0.2) is 0 Å². The van der Waals surface area contributed by atoms with Crippen molar-refractivity contribution in [3.63, 3.8) is 0 Å². The Kier molecular flexibility index (Phi) is 3.64. The van der Waals surface area contributed by atoms with Gasteiger partial charge in [-0.1, -0.05) is 15.9 Å². The fourth-order valence-electron chi connectivity index (χ4n) is 2.47. The summed E-state index contributed by atoms with van der Waals surface area (Å²) in [5, 5.41) is 0. The van der Waals surface area contributed by atoms with Crippen molar-refractivity contribution in [1.29, 1.82) is 0 Å². The quantitative estimate of drug-likeness (QED) is 0.744. The van der Waals surface area contributed by atoms with Gasteiger partial charge in [0.25, 0.3) is 5.91 Å². The van der Waals surface area contributed by atoms with E-state index in [4.69, 9.17) is 9.47 Å². The van der Waals surface area contributed by atoms with Crippen molar-refractivity contribution in [3.05, 3.63) is 23.8 Å². The molecule has 0 N–H and O–H groups in total. The molecule has 0 spiro atoms. The van der Waals surface area contributed by atoms with E-state index in [1.54, 1.807) is 6.07 Å². The minimum absolute atomic E-state index is 0.0705. The van der Waals surface area contributed by atoms with Gasteiger partial charge in [0, 0.05) is 23.5 Å². The molecule has 1 fully saturated rings. The first kappa shape index (κ1) is 12.8. The average Bonchev–Trinajstić information content (AvgIpc) is 2.46. The number of halogens is 1. The molecule has 1 saturated heterocycles. The minimum atomic E-state index is 0.0705. The van der Waals surface area contributed by atoms with Crippen molar-refractivity contribution in [2.75, 3.05) is 26.3 Å². The lowest BCUT2D eigenvalue weighted by Gasteiger charge is -2.30. The number of hydrogen-bond donors (Lipinski definition) is 0. The fraction of sp³-hybridized carbons (Fsp3) is 0.500. The molecule has 0 aliphatic carbocycles. The highest BCUT2D eigenvalue weighted by molar-refractivity contribution is 9.09. The summed E-state index contributed by atoms with van der Waals surface area (Å²) in [5.74, 6) is 1.46. The molecular formula is C14H16BrNO3. The molecule has 3 rings (SSSR count). The molecule has 2 aliphatic rings. The molecule has 2 aliphatic heterocycles. The summed E-state index contributed by atoms with van der Waals surface area (Å²) in [5.41, 5.74) is 0.672. The Morgan fingerprint density at radius 3 is 2.84 bits per heavy atom. The summed E-state index contributed by atoms with van der Waals surface area (Å²) >= 11 is 3.59. The Hall–Kier alpha value is -1.23. The Morgan fingerprint density at radius 2 is 2.05 bits per heavy atom. The summed E-state index contributed by atoms with van der Waals surface area (Å²) < 4.78 is 11.0. The normalized spacial score (nSPS) is 22.2. The highest BCUT2D eigenvalue weighted by Gasteiger charge is 2.24. The van der Waals surface area contributed by atoms with Crippen molar-refractivity contribution >= 4 is 21.8 Å². The number of alkyl halides is 1. The largest absolute Gasteiger partial charge is 0.486 e.